The van der Waals surface area contributed by atoms with Crippen molar-refractivity contribution in [1.82, 2.24) is 5.48 Å². The van der Waals surface area contributed by atoms with Gasteiger partial charge >= 0.3 is 10.1 Å². The normalized spacial score (nSPS) is 11.2. The predicted molar refractivity (Wildman–Crippen MR) is 57.5 cm³/mol. The van der Waals surface area contributed by atoms with E-state index in [2.05, 4.69) is 4.28 Å². The maximum absolute atomic E-state index is 11.7. The Kier molecular flexibility index (Phi) is 3.74. The smallest absolute Gasteiger partial charge is 0.318 e. The van der Waals surface area contributed by atoms with Crippen molar-refractivity contribution in [1.29, 1.82) is 0 Å². The monoisotopic (exact) mass is 258 g/mol. The van der Waals surface area contributed by atoms with Gasteiger partial charge in [-0.25, -0.2) is 5.48 Å². The zero-order valence-corrected chi connectivity index (χ0v) is 10.4. The van der Waals surface area contributed by atoms with Crippen LogP contribution in [0.4, 0.5) is 4.79 Å². The Morgan fingerprint density at radius 1 is 1.24 bits per heavy atom. The summed E-state index contributed by atoms with van der Waals surface area (Å²) in [5.74, 6) is 0. The molecule has 0 fully saturated rings. The molecule has 0 atom stereocenters. The molecule has 0 aliphatic heterocycles. The summed E-state index contributed by atoms with van der Waals surface area (Å²) in [5.41, 5.74) is 3.16. The summed E-state index contributed by atoms with van der Waals surface area (Å²) in [7, 11) is -4.17. The molecule has 17 heavy (non-hydrogen) atoms. The van der Waals surface area contributed by atoms with E-state index < -0.39 is 16.2 Å². The van der Waals surface area contributed by atoms with E-state index in [0.29, 0.717) is 11.1 Å². The second-order valence-corrected chi connectivity index (χ2v) is 5.14. The van der Waals surface area contributed by atoms with Crippen LogP contribution in [0.1, 0.15) is 16.7 Å². The number of hydrogen-bond acceptors (Lipinski definition) is 5. The van der Waals surface area contributed by atoms with Gasteiger partial charge in [0.2, 0.25) is 0 Å². The number of benzene rings is 1. The van der Waals surface area contributed by atoms with Gasteiger partial charge in [-0.1, -0.05) is 17.7 Å². The van der Waals surface area contributed by atoms with E-state index in [4.69, 9.17) is 0 Å². The van der Waals surface area contributed by atoms with Crippen LogP contribution in [-0.4, -0.2) is 14.5 Å². The molecule has 1 N–H and O–H groups in total. The van der Waals surface area contributed by atoms with Crippen LogP contribution in [-0.2, 0) is 14.4 Å². The summed E-state index contributed by atoms with van der Waals surface area (Å²) >= 11 is 0. The van der Waals surface area contributed by atoms with Gasteiger partial charge in [-0.05, 0) is 31.9 Å². The number of amides is 1. The van der Waals surface area contributed by atoms with Gasteiger partial charge in [0.1, 0.15) is 4.90 Å². The first-order chi connectivity index (χ1) is 7.74. The lowest BCUT2D eigenvalue weighted by atomic mass is 10.1. The van der Waals surface area contributed by atoms with Gasteiger partial charge < -0.3 is 9.90 Å². The van der Waals surface area contributed by atoms with E-state index in [1.165, 1.54) is 5.48 Å². The average Bonchev–Trinajstić information content (AvgIpc) is 2.12. The van der Waals surface area contributed by atoms with E-state index in [-0.39, 0.29) is 4.90 Å². The van der Waals surface area contributed by atoms with E-state index in [9.17, 15) is 18.3 Å². The Morgan fingerprint density at radius 3 is 2.12 bits per heavy atom. The number of rotatable bonds is 3. The summed E-state index contributed by atoms with van der Waals surface area (Å²) in [5, 5.41) is 10.1. The molecular formula is C10H12NO5S-. The lowest BCUT2D eigenvalue weighted by molar-refractivity contribution is -0.258. The molecule has 6 nitrogen and oxygen atoms in total. The standard InChI is InChI=1S/C10H13NO5S/c1-6-4-7(2)9(8(3)5-6)17(14,15)16-11-10(12)13/h4-5,11H,1-3H3,(H,12,13)/p-1. The molecule has 7 heteroatoms. The largest absolute Gasteiger partial charge is 0.528 e. The van der Waals surface area contributed by atoms with Crippen molar-refractivity contribution in [2.45, 2.75) is 25.7 Å². The molecule has 0 saturated carbocycles. The maximum Gasteiger partial charge on any atom is 0.318 e. The number of hydrogen-bond donors (Lipinski definition) is 1. The fourth-order valence-corrected chi connectivity index (χ4v) is 2.86. The Morgan fingerprint density at radius 2 is 1.71 bits per heavy atom. The number of carboxylic acid groups (broad SMARTS) is 1. The van der Waals surface area contributed by atoms with Crippen molar-refractivity contribution >= 4 is 16.2 Å². The van der Waals surface area contributed by atoms with Crippen LogP contribution in [0.15, 0.2) is 17.0 Å². The molecule has 0 radical (unpaired) electrons. The Balaban J connectivity index is 3.20. The minimum Gasteiger partial charge on any atom is -0.528 e. The number of nitrogens with one attached hydrogen (secondary N) is 1. The number of carbonyl (C=O) groups is 1. The highest BCUT2D eigenvalue weighted by atomic mass is 32.2. The third kappa shape index (κ3) is 3.18. The molecule has 0 aromatic heterocycles. The number of hydroxylamine groups is 1. The van der Waals surface area contributed by atoms with Crippen LogP contribution in [0.5, 0.6) is 0 Å². The molecule has 0 unspecified atom stereocenters. The molecule has 0 saturated heterocycles. The average molecular weight is 258 g/mol. The lowest BCUT2D eigenvalue weighted by Gasteiger charge is -2.12. The summed E-state index contributed by atoms with van der Waals surface area (Å²) in [6, 6.07) is 3.34. The molecule has 94 valence electrons. The van der Waals surface area contributed by atoms with Gasteiger partial charge in [0, 0.05) is 0 Å². The van der Waals surface area contributed by atoms with E-state index >= 15 is 0 Å². The second-order valence-electron chi connectivity index (χ2n) is 3.65. The van der Waals surface area contributed by atoms with Crippen LogP contribution < -0.4 is 10.6 Å². The Bertz CT molecular complexity index is 527. The van der Waals surface area contributed by atoms with Crippen LogP contribution in [0, 0.1) is 20.8 Å². The second kappa shape index (κ2) is 4.72. The first kappa shape index (κ1) is 13.5. The Labute approximate surface area is 99.3 Å². The van der Waals surface area contributed by atoms with Crippen molar-refractivity contribution in [3.63, 3.8) is 0 Å². The van der Waals surface area contributed by atoms with E-state index in [1.54, 1.807) is 26.0 Å². The quantitative estimate of drug-likeness (QED) is 0.779. The molecule has 1 amide bonds. The summed E-state index contributed by atoms with van der Waals surface area (Å²) in [6.45, 7) is 5.04. The van der Waals surface area contributed by atoms with Gasteiger partial charge in [-0.3, -0.25) is 0 Å². The Hall–Kier alpha value is -1.60. The van der Waals surface area contributed by atoms with Crippen LogP contribution in [0.3, 0.4) is 0 Å². The van der Waals surface area contributed by atoms with Gasteiger partial charge in [0.05, 0.1) is 0 Å². The molecule has 0 aliphatic rings. The van der Waals surface area contributed by atoms with Gasteiger partial charge in [-0.15, -0.1) is 4.28 Å². The van der Waals surface area contributed by atoms with E-state index in [0.717, 1.165) is 5.56 Å². The highest BCUT2D eigenvalue weighted by molar-refractivity contribution is 7.86. The fraction of sp³-hybridized carbons (Fsp3) is 0.300. The third-order valence-corrected chi connectivity index (χ3v) is 3.54. The van der Waals surface area contributed by atoms with Crippen molar-refractivity contribution in [2.75, 3.05) is 0 Å². The molecule has 0 spiro atoms. The molecule has 0 heterocycles. The summed E-state index contributed by atoms with van der Waals surface area (Å²) < 4.78 is 27.6. The molecule has 1 aromatic rings. The molecule has 1 aromatic carbocycles. The van der Waals surface area contributed by atoms with Gasteiger partial charge in [0.15, 0.2) is 6.09 Å². The maximum atomic E-state index is 11.7. The van der Waals surface area contributed by atoms with Crippen molar-refractivity contribution < 1.29 is 22.6 Å². The van der Waals surface area contributed by atoms with Crippen LogP contribution >= 0.6 is 0 Å². The number of aryl methyl sites for hydroxylation is 3. The first-order valence-electron chi connectivity index (χ1n) is 4.72. The zero-order valence-electron chi connectivity index (χ0n) is 9.60. The summed E-state index contributed by atoms with van der Waals surface area (Å²) in [6.07, 6.45) is -1.82. The van der Waals surface area contributed by atoms with Crippen molar-refractivity contribution in [3.05, 3.63) is 28.8 Å². The summed E-state index contributed by atoms with van der Waals surface area (Å²) in [4.78, 5) is 10.0. The third-order valence-electron chi connectivity index (χ3n) is 2.09. The van der Waals surface area contributed by atoms with Crippen LogP contribution in [0.2, 0.25) is 0 Å². The zero-order chi connectivity index (χ0) is 13.2. The SMILES string of the molecule is Cc1cc(C)c(S(=O)(=O)ONC(=O)[O-])c(C)c1. The van der Waals surface area contributed by atoms with Crippen molar-refractivity contribution in [3.8, 4) is 0 Å². The minimum absolute atomic E-state index is 0.0446. The van der Waals surface area contributed by atoms with Gasteiger partial charge in [-0.2, -0.15) is 8.42 Å². The molecule has 0 aliphatic carbocycles. The predicted octanol–water partition coefficient (Wildman–Crippen LogP) is 0.165. The van der Waals surface area contributed by atoms with Gasteiger partial charge in [0.25, 0.3) is 0 Å². The van der Waals surface area contributed by atoms with Crippen molar-refractivity contribution in [2.24, 2.45) is 0 Å². The molecule has 0 bridgehead atoms. The minimum atomic E-state index is -4.17. The fourth-order valence-electron chi connectivity index (χ4n) is 1.69. The molecule has 1 rings (SSSR count). The van der Waals surface area contributed by atoms with Crippen LogP contribution in [0.25, 0.3) is 0 Å². The lowest BCUT2D eigenvalue weighted by Crippen LogP contribution is -2.38. The highest BCUT2D eigenvalue weighted by Gasteiger charge is 2.21. The van der Waals surface area contributed by atoms with E-state index in [1.807, 2.05) is 6.92 Å². The number of carbonyl (C=O) groups excluding carboxylic acids is 1. The highest BCUT2D eigenvalue weighted by Crippen LogP contribution is 2.22. The topological polar surface area (TPSA) is 95.5 Å². The molecular weight excluding hydrogens is 246 g/mol. The first-order valence-corrected chi connectivity index (χ1v) is 6.13.